The molecule has 3 atom stereocenters. The molecule has 4 aromatic rings. The second-order valence-corrected chi connectivity index (χ2v) is 9.65. The van der Waals surface area contributed by atoms with Crippen molar-refractivity contribution in [2.24, 2.45) is 0 Å². The minimum Gasteiger partial charge on any atom is -0.462 e. The number of esters is 1. The van der Waals surface area contributed by atoms with Crippen LogP contribution in [0.5, 0.6) is 0 Å². The van der Waals surface area contributed by atoms with E-state index in [0.717, 1.165) is 25.7 Å². The first-order valence-electron chi connectivity index (χ1n) is 13.2. The van der Waals surface area contributed by atoms with E-state index in [0.29, 0.717) is 18.4 Å². The highest BCUT2D eigenvalue weighted by atomic mass is 16.5. The third-order valence-corrected chi connectivity index (χ3v) is 7.17. The van der Waals surface area contributed by atoms with Crippen LogP contribution in [-0.2, 0) is 16.0 Å². The largest absolute Gasteiger partial charge is 0.462 e. The lowest BCUT2D eigenvalue weighted by Gasteiger charge is -2.28. The van der Waals surface area contributed by atoms with Crippen LogP contribution in [0.25, 0.3) is 0 Å². The number of carbonyl (C=O) groups excluding carboxylic acids is 1. The predicted molar refractivity (Wildman–Crippen MR) is 153 cm³/mol. The molecule has 0 aliphatic heterocycles. The van der Waals surface area contributed by atoms with Crippen molar-refractivity contribution in [3.05, 3.63) is 156 Å². The first kappa shape index (κ1) is 26.2. The lowest BCUT2D eigenvalue weighted by atomic mass is 9.77. The van der Waals surface area contributed by atoms with Gasteiger partial charge in [-0.3, -0.25) is 0 Å². The Bertz CT molecular complexity index is 1200. The zero-order valence-electron chi connectivity index (χ0n) is 21.4. The SMILES string of the molecule is C=CC(=O)OCC(CC(CC(CCc1ccccc1)c1ccccc1)c1ccccc1)c1ccccc1. The number of ether oxygens (including phenoxy) is 1. The van der Waals surface area contributed by atoms with Gasteiger partial charge in [0, 0.05) is 12.0 Å². The second-order valence-electron chi connectivity index (χ2n) is 9.65. The summed E-state index contributed by atoms with van der Waals surface area (Å²) >= 11 is 0. The molecule has 0 aliphatic rings. The van der Waals surface area contributed by atoms with E-state index in [-0.39, 0.29) is 11.9 Å². The molecule has 2 heteroatoms. The number of benzene rings is 4. The van der Waals surface area contributed by atoms with Crippen LogP contribution in [0, 0.1) is 0 Å². The summed E-state index contributed by atoms with van der Waals surface area (Å²) in [5.41, 5.74) is 5.28. The quantitative estimate of drug-likeness (QED) is 0.139. The van der Waals surface area contributed by atoms with Crippen molar-refractivity contribution in [3.8, 4) is 0 Å². The van der Waals surface area contributed by atoms with E-state index in [1.165, 1.54) is 28.3 Å². The van der Waals surface area contributed by atoms with Crippen LogP contribution in [-0.4, -0.2) is 12.6 Å². The van der Waals surface area contributed by atoms with Gasteiger partial charge in [0.05, 0.1) is 6.61 Å². The van der Waals surface area contributed by atoms with E-state index in [1.54, 1.807) is 0 Å². The summed E-state index contributed by atoms with van der Waals surface area (Å²) in [6.07, 6.45) is 5.29. The molecule has 37 heavy (non-hydrogen) atoms. The van der Waals surface area contributed by atoms with Crippen LogP contribution in [0.1, 0.15) is 59.3 Å². The maximum Gasteiger partial charge on any atom is 0.330 e. The van der Waals surface area contributed by atoms with Crippen LogP contribution >= 0.6 is 0 Å². The number of hydrogen-bond donors (Lipinski definition) is 0. The van der Waals surface area contributed by atoms with Gasteiger partial charge in [0.15, 0.2) is 0 Å². The molecule has 0 amide bonds. The maximum absolute atomic E-state index is 11.9. The molecule has 0 bridgehead atoms. The van der Waals surface area contributed by atoms with E-state index in [1.807, 2.05) is 6.07 Å². The van der Waals surface area contributed by atoms with E-state index in [4.69, 9.17) is 4.74 Å². The van der Waals surface area contributed by atoms with Gasteiger partial charge in [-0.15, -0.1) is 0 Å². The van der Waals surface area contributed by atoms with Gasteiger partial charge >= 0.3 is 5.97 Å². The molecule has 0 spiro atoms. The lowest BCUT2D eigenvalue weighted by molar-refractivity contribution is -0.138. The first-order valence-corrected chi connectivity index (χ1v) is 13.2. The Hall–Kier alpha value is -3.91. The Kier molecular flexibility index (Phi) is 9.89. The Balaban J connectivity index is 1.61. The van der Waals surface area contributed by atoms with E-state index < -0.39 is 0 Å². The average Bonchev–Trinajstić information content (AvgIpc) is 2.98. The van der Waals surface area contributed by atoms with Gasteiger partial charge in [0.1, 0.15) is 0 Å². The maximum atomic E-state index is 11.9. The zero-order valence-corrected chi connectivity index (χ0v) is 21.4. The number of aryl methyl sites for hydroxylation is 1. The number of hydrogen-bond acceptors (Lipinski definition) is 2. The molecule has 4 aromatic carbocycles. The Labute approximate surface area is 221 Å². The van der Waals surface area contributed by atoms with Crippen molar-refractivity contribution in [1.29, 1.82) is 0 Å². The van der Waals surface area contributed by atoms with E-state index >= 15 is 0 Å². The smallest absolute Gasteiger partial charge is 0.330 e. The minimum absolute atomic E-state index is 0.0980. The fraction of sp³-hybridized carbons (Fsp3) is 0.229. The van der Waals surface area contributed by atoms with Crippen molar-refractivity contribution in [1.82, 2.24) is 0 Å². The molecule has 3 unspecified atom stereocenters. The van der Waals surface area contributed by atoms with Crippen LogP contribution in [0.4, 0.5) is 0 Å². The fourth-order valence-corrected chi connectivity index (χ4v) is 5.18. The molecule has 188 valence electrons. The standard InChI is InChI=1S/C35H36O2/c1-2-35(36)37-27-34(31-21-13-6-14-22-31)26-33(30-19-11-5-12-20-30)25-32(29-17-9-4-10-18-29)24-23-28-15-7-3-8-16-28/h2-22,32-34H,1,23-27H2. The van der Waals surface area contributed by atoms with Crippen molar-refractivity contribution < 1.29 is 9.53 Å². The van der Waals surface area contributed by atoms with Gasteiger partial charge in [-0.25, -0.2) is 4.79 Å². The van der Waals surface area contributed by atoms with Crippen molar-refractivity contribution >= 4 is 5.97 Å². The second kappa shape index (κ2) is 14.0. The van der Waals surface area contributed by atoms with Crippen molar-refractivity contribution in [3.63, 3.8) is 0 Å². The van der Waals surface area contributed by atoms with Crippen molar-refractivity contribution in [2.75, 3.05) is 6.61 Å². The molecule has 0 N–H and O–H groups in total. The predicted octanol–water partition coefficient (Wildman–Crippen LogP) is 8.48. The Morgan fingerprint density at radius 1 is 0.622 bits per heavy atom. The lowest BCUT2D eigenvalue weighted by Crippen LogP contribution is -2.17. The molecular formula is C35H36O2. The summed E-state index contributed by atoms with van der Waals surface area (Å²) in [5.74, 6) is 0.455. The molecule has 0 aromatic heterocycles. The molecule has 0 saturated carbocycles. The zero-order chi connectivity index (χ0) is 25.7. The van der Waals surface area contributed by atoms with Gasteiger partial charge < -0.3 is 4.74 Å². The summed E-state index contributed by atoms with van der Waals surface area (Å²) in [4.78, 5) is 11.9. The third kappa shape index (κ3) is 8.05. The molecule has 0 aliphatic carbocycles. The molecule has 4 rings (SSSR count). The number of rotatable bonds is 13. The summed E-state index contributed by atoms with van der Waals surface area (Å²) in [6, 6.07) is 42.9. The molecule has 0 radical (unpaired) electrons. The van der Waals surface area contributed by atoms with Gasteiger partial charge in [0.25, 0.3) is 0 Å². The highest BCUT2D eigenvalue weighted by Crippen LogP contribution is 2.39. The van der Waals surface area contributed by atoms with Crippen molar-refractivity contribution in [2.45, 2.75) is 43.4 Å². The monoisotopic (exact) mass is 488 g/mol. The summed E-state index contributed by atoms with van der Waals surface area (Å²) in [6.45, 7) is 3.91. The highest BCUT2D eigenvalue weighted by molar-refractivity contribution is 5.81. The summed E-state index contributed by atoms with van der Waals surface area (Å²) in [7, 11) is 0. The normalized spacial score (nSPS) is 13.3. The summed E-state index contributed by atoms with van der Waals surface area (Å²) in [5, 5.41) is 0. The molecule has 2 nitrogen and oxygen atoms in total. The van der Waals surface area contributed by atoms with Gasteiger partial charge in [0.2, 0.25) is 0 Å². The Morgan fingerprint density at radius 2 is 1.05 bits per heavy atom. The highest BCUT2D eigenvalue weighted by Gasteiger charge is 2.25. The van der Waals surface area contributed by atoms with Crippen LogP contribution in [0.3, 0.4) is 0 Å². The molecular weight excluding hydrogens is 452 g/mol. The average molecular weight is 489 g/mol. The fourth-order valence-electron chi connectivity index (χ4n) is 5.18. The third-order valence-electron chi connectivity index (χ3n) is 7.17. The molecule has 0 saturated heterocycles. The van der Waals surface area contributed by atoms with Crippen LogP contribution in [0.2, 0.25) is 0 Å². The van der Waals surface area contributed by atoms with Crippen LogP contribution in [0.15, 0.2) is 134 Å². The van der Waals surface area contributed by atoms with Crippen LogP contribution < -0.4 is 0 Å². The summed E-state index contributed by atoms with van der Waals surface area (Å²) < 4.78 is 5.58. The topological polar surface area (TPSA) is 26.3 Å². The van der Waals surface area contributed by atoms with E-state index in [2.05, 4.69) is 122 Å². The Morgan fingerprint density at radius 3 is 1.57 bits per heavy atom. The van der Waals surface area contributed by atoms with Gasteiger partial charge in [-0.1, -0.05) is 128 Å². The minimum atomic E-state index is -0.373. The van der Waals surface area contributed by atoms with E-state index in [9.17, 15) is 4.79 Å². The van der Waals surface area contributed by atoms with Gasteiger partial charge in [-0.2, -0.15) is 0 Å². The molecule has 0 fully saturated rings. The first-order chi connectivity index (χ1) is 18.2. The van der Waals surface area contributed by atoms with Gasteiger partial charge in [-0.05, 0) is 59.8 Å². The number of carbonyl (C=O) groups is 1. The molecule has 0 heterocycles.